The molecule has 0 aliphatic rings. The van der Waals surface area contributed by atoms with E-state index >= 15 is 0 Å². The fourth-order valence-corrected chi connectivity index (χ4v) is 4.12. The maximum Gasteiger partial charge on any atom is 0.244 e. The Labute approximate surface area is 122 Å². The summed E-state index contributed by atoms with van der Waals surface area (Å²) in [7, 11) is -3.44. The van der Waals surface area contributed by atoms with Gasteiger partial charge in [0.05, 0.1) is 0 Å². The molecule has 0 aliphatic carbocycles. The van der Waals surface area contributed by atoms with Gasteiger partial charge in [0, 0.05) is 37.6 Å². The number of nitrogens with two attached hydrogens (primary N) is 1. The minimum Gasteiger partial charge on any atom is -0.349 e. The molecule has 0 amide bonds. The van der Waals surface area contributed by atoms with Crippen molar-refractivity contribution in [1.82, 2.24) is 8.87 Å². The normalized spacial score (nSPS) is 13.9. The Kier molecular flexibility index (Phi) is 6.23. The SMILES string of the molecule is CCCn1cc(S(=O)(=O)N(CC)C(C)CC)cc1CN. The Morgan fingerprint density at radius 3 is 2.45 bits per heavy atom. The van der Waals surface area contributed by atoms with E-state index in [1.165, 1.54) is 0 Å². The van der Waals surface area contributed by atoms with Crippen molar-refractivity contribution in [2.75, 3.05) is 6.54 Å². The molecular formula is C14H27N3O2S. The Morgan fingerprint density at radius 1 is 1.35 bits per heavy atom. The van der Waals surface area contributed by atoms with E-state index in [0.29, 0.717) is 18.0 Å². The molecule has 0 aliphatic heterocycles. The molecule has 1 atom stereocenters. The lowest BCUT2D eigenvalue weighted by Crippen LogP contribution is -2.37. The summed E-state index contributed by atoms with van der Waals surface area (Å²) in [6.45, 7) is 9.49. The van der Waals surface area contributed by atoms with Gasteiger partial charge >= 0.3 is 0 Å². The van der Waals surface area contributed by atoms with E-state index in [0.717, 1.165) is 25.1 Å². The Morgan fingerprint density at radius 2 is 2.00 bits per heavy atom. The average molecular weight is 301 g/mol. The van der Waals surface area contributed by atoms with Crippen LogP contribution in [0.2, 0.25) is 0 Å². The molecule has 0 saturated heterocycles. The van der Waals surface area contributed by atoms with Crippen molar-refractivity contribution in [1.29, 1.82) is 0 Å². The fraction of sp³-hybridized carbons (Fsp3) is 0.714. The second kappa shape index (κ2) is 7.24. The Balaban J connectivity index is 3.20. The van der Waals surface area contributed by atoms with Gasteiger partial charge in [-0.1, -0.05) is 20.8 Å². The predicted octanol–water partition coefficient (Wildman–Crippen LogP) is 2.17. The average Bonchev–Trinajstić information content (AvgIpc) is 2.83. The highest BCUT2D eigenvalue weighted by Crippen LogP contribution is 2.22. The summed E-state index contributed by atoms with van der Waals surface area (Å²) in [5, 5.41) is 0. The van der Waals surface area contributed by atoms with Crippen LogP contribution in [0.3, 0.4) is 0 Å². The molecule has 1 aromatic rings. The molecule has 1 heterocycles. The summed E-state index contributed by atoms with van der Waals surface area (Å²) in [5.74, 6) is 0. The summed E-state index contributed by atoms with van der Waals surface area (Å²) in [6.07, 6.45) is 3.46. The largest absolute Gasteiger partial charge is 0.349 e. The summed E-state index contributed by atoms with van der Waals surface area (Å²) < 4.78 is 28.9. The van der Waals surface area contributed by atoms with Crippen molar-refractivity contribution in [2.45, 2.75) is 64.6 Å². The van der Waals surface area contributed by atoms with E-state index in [-0.39, 0.29) is 6.04 Å². The van der Waals surface area contributed by atoms with Crippen LogP contribution in [0.5, 0.6) is 0 Å². The molecule has 5 nitrogen and oxygen atoms in total. The third-order valence-corrected chi connectivity index (χ3v) is 5.69. The van der Waals surface area contributed by atoms with Crippen LogP contribution in [0.4, 0.5) is 0 Å². The monoisotopic (exact) mass is 301 g/mol. The summed E-state index contributed by atoms with van der Waals surface area (Å²) >= 11 is 0. The van der Waals surface area contributed by atoms with Gasteiger partial charge in [-0.3, -0.25) is 0 Å². The molecule has 2 N–H and O–H groups in total. The van der Waals surface area contributed by atoms with Crippen LogP contribution in [0.15, 0.2) is 17.2 Å². The smallest absolute Gasteiger partial charge is 0.244 e. The van der Waals surface area contributed by atoms with Gasteiger partial charge in [0.2, 0.25) is 10.0 Å². The minimum absolute atomic E-state index is 0.000789. The van der Waals surface area contributed by atoms with Crippen LogP contribution in [-0.4, -0.2) is 29.9 Å². The quantitative estimate of drug-likeness (QED) is 0.800. The summed E-state index contributed by atoms with van der Waals surface area (Å²) in [6, 6.07) is 1.71. The molecule has 0 fully saturated rings. The van der Waals surface area contributed by atoms with Crippen molar-refractivity contribution >= 4 is 10.0 Å². The first kappa shape index (κ1) is 17.2. The lowest BCUT2D eigenvalue weighted by molar-refractivity contribution is 0.342. The molecule has 1 rings (SSSR count). The van der Waals surface area contributed by atoms with Gasteiger partial charge < -0.3 is 10.3 Å². The van der Waals surface area contributed by atoms with Gasteiger partial charge in [-0.05, 0) is 25.8 Å². The van der Waals surface area contributed by atoms with Crippen molar-refractivity contribution < 1.29 is 8.42 Å². The molecule has 20 heavy (non-hydrogen) atoms. The molecule has 0 saturated carbocycles. The van der Waals surface area contributed by atoms with Gasteiger partial charge in [0.25, 0.3) is 0 Å². The van der Waals surface area contributed by atoms with E-state index in [2.05, 4.69) is 6.92 Å². The van der Waals surface area contributed by atoms with Crippen LogP contribution in [0.1, 0.15) is 46.2 Å². The standard InChI is InChI=1S/C14H27N3O2S/c1-5-8-16-11-14(9-13(16)10-15)20(18,19)17(7-3)12(4)6-2/h9,11-12H,5-8,10,15H2,1-4H3. The number of aromatic nitrogens is 1. The Hall–Kier alpha value is -0.850. The zero-order valence-electron chi connectivity index (χ0n) is 13.0. The molecular weight excluding hydrogens is 274 g/mol. The van der Waals surface area contributed by atoms with Crippen LogP contribution in [0, 0.1) is 0 Å². The Bertz CT molecular complexity index is 523. The van der Waals surface area contributed by atoms with Gasteiger partial charge in [0.1, 0.15) is 4.90 Å². The zero-order chi connectivity index (χ0) is 15.3. The first-order valence-electron chi connectivity index (χ1n) is 7.33. The van der Waals surface area contributed by atoms with Crippen molar-refractivity contribution in [3.05, 3.63) is 18.0 Å². The van der Waals surface area contributed by atoms with Gasteiger partial charge in [0.15, 0.2) is 0 Å². The molecule has 1 aromatic heterocycles. The lowest BCUT2D eigenvalue weighted by Gasteiger charge is -2.25. The van der Waals surface area contributed by atoms with Gasteiger partial charge in [-0.25, -0.2) is 8.42 Å². The molecule has 0 radical (unpaired) electrons. The van der Waals surface area contributed by atoms with E-state index < -0.39 is 10.0 Å². The highest BCUT2D eigenvalue weighted by Gasteiger charge is 2.28. The number of rotatable bonds is 8. The number of nitrogens with zero attached hydrogens (tertiary/aromatic N) is 2. The van der Waals surface area contributed by atoms with Crippen LogP contribution < -0.4 is 5.73 Å². The summed E-state index contributed by atoms with van der Waals surface area (Å²) in [5.41, 5.74) is 6.57. The predicted molar refractivity (Wildman–Crippen MR) is 81.9 cm³/mol. The number of hydrogen-bond donors (Lipinski definition) is 1. The molecule has 0 aromatic carbocycles. The number of sulfonamides is 1. The molecule has 0 bridgehead atoms. The lowest BCUT2D eigenvalue weighted by atomic mass is 10.3. The molecule has 6 heteroatoms. The van der Waals surface area contributed by atoms with E-state index in [9.17, 15) is 8.42 Å². The first-order valence-corrected chi connectivity index (χ1v) is 8.77. The number of aryl methyl sites for hydroxylation is 1. The summed E-state index contributed by atoms with van der Waals surface area (Å²) in [4.78, 5) is 0.355. The van der Waals surface area contributed by atoms with Crippen molar-refractivity contribution in [3.63, 3.8) is 0 Å². The van der Waals surface area contributed by atoms with E-state index in [1.807, 2.05) is 25.3 Å². The zero-order valence-corrected chi connectivity index (χ0v) is 13.8. The first-order chi connectivity index (χ1) is 9.42. The maximum absolute atomic E-state index is 12.7. The maximum atomic E-state index is 12.7. The van der Waals surface area contributed by atoms with Crippen LogP contribution in [0.25, 0.3) is 0 Å². The fourth-order valence-electron chi connectivity index (χ4n) is 2.34. The second-order valence-corrected chi connectivity index (χ2v) is 6.92. The van der Waals surface area contributed by atoms with Gasteiger partial charge in [-0.15, -0.1) is 0 Å². The number of hydrogen-bond acceptors (Lipinski definition) is 3. The minimum atomic E-state index is -3.44. The topological polar surface area (TPSA) is 68.3 Å². The highest BCUT2D eigenvalue weighted by atomic mass is 32.2. The third-order valence-electron chi connectivity index (χ3n) is 3.64. The van der Waals surface area contributed by atoms with Gasteiger partial charge in [-0.2, -0.15) is 4.31 Å². The van der Waals surface area contributed by atoms with Crippen molar-refractivity contribution in [3.8, 4) is 0 Å². The molecule has 116 valence electrons. The highest BCUT2D eigenvalue weighted by molar-refractivity contribution is 7.89. The second-order valence-electron chi connectivity index (χ2n) is 5.03. The third kappa shape index (κ3) is 3.42. The molecule has 1 unspecified atom stereocenters. The van der Waals surface area contributed by atoms with E-state index in [1.54, 1.807) is 16.6 Å². The van der Waals surface area contributed by atoms with Crippen molar-refractivity contribution in [2.24, 2.45) is 5.73 Å². The van der Waals surface area contributed by atoms with Crippen LogP contribution >= 0.6 is 0 Å². The van der Waals surface area contributed by atoms with E-state index in [4.69, 9.17) is 5.73 Å². The molecule has 0 spiro atoms. The van der Waals surface area contributed by atoms with Crippen LogP contribution in [-0.2, 0) is 23.1 Å².